The summed E-state index contributed by atoms with van der Waals surface area (Å²) in [6.45, 7) is 12.3. The minimum absolute atomic E-state index is 0.0823. The smallest absolute Gasteiger partial charge is 0.234 e. The molecule has 0 saturated carbocycles. The number of nitriles is 1. The Bertz CT molecular complexity index is 859. The highest BCUT2D eigenvalue weighted by atomic mass is 32.2. The number of benzene rings is 1. The Labute approximate surface area is 160 Å². The van der Waals surface area contributed by atoms with Gasteiger partial charge in [-0.1, -0.05) is 44.7 Å². The third-order valence-electron chi connectivity index (χ3n) is 4.45. The number of amides is 1. The summed E-state index contributed by atoms with van der Waals surface area (Å²) in [5.41, 5.74) is 5.48. The summed E-state index contributed by atoms with van der Waals surface area (Å²) in [7, 11) is 0. The highest BCUT2D eigenvalue weighted by molar-refractivity contribution is 8.00. The molecular formula is C21H25N3OS. The fraction of sp³-hybridized carbons (Fsp3) is 0.381. The Morgan fingerprint density at radius 1 is 1.15 bits per heavy atom. The van der Waals surface area contributed by atoms with E-state index in [9.17, 15) is 10.1 Å². The molecule has 0 aliphatic heterocycles. The van der Waals surface area contributed by atoms with E-state index in [1.54, 1.807) is 0 Å². The van der Waals surface area contributed by atoms with Gasteiger partial charge < -0.3 is 5.32 Å². The summed E-state index contributed by atoms with van der Waals surface area (Å²) < 4.78 is 0. The van der Waals surface area contributed by atoms with Crippen LogP contribution in [0, 0.1) is 32.1 Å². The van der Waals surface area contributed by atoms with Crippen molar-refractivity contribution in [1.82, 2.24) is 4.98 Å². The minimum atomic E-state index is -0.111. The maximum Gasteiger partial charge on any atom is 0.234 e. The van der Waals surface area contributed by atoms with E-state index in [0.29, 0.717) is 10.6 Å². The number of nitrogens with zero attached hydrogens (tertiary/aromatic N) is 2. The van der Waals surface area contributed by atoms with Gasteiger partial charge in [0.05, 0.1) is 11.3 Å². The van der Waals surface area contributed by atoms with Crippen LogP contribution in [0.5, 0.6) is 0 Å². The largest absolute Gasteiger partial charge is 0.325 e. The molecule has 0 aliphatic rings. The second-order valence-electron chi connectivity index (χ2n) is 7.40. The fourth-order valence-electron chi connectivity index (χ4n) is 2.53. The number of hydrogen-bond donors (Lipinski definition) is 1. The topological polar surface area (TPSA) is 65.8 Å². The van der Waals surface area contributed by atoms with E-state index in [4.69, 9.17) is 0 Å². The van der Waals surface area contributed by atoms with Gasteiger partial charge in [-0.05, 0) is 55.0 Å². The maximum atomic E-state index is 12.3. The first-order valence-electron chi connectivity index (χ1n) is 8.54. The summed E-state index contributed by atoms with van der Waals surface area (Å²) in [4.78, 5) is 16.7. The van der Waals surface area contributed by atoms with Gasteiger partial charge in [0, 0.05) is 11.4 Å². The molecule has 2 aromatic rings. The molecule has 1 aromatic carbocycles. The van der Waals surface area contributed by atoms with Crippen molar-refractivity contribution in [3.8, 4) is 6.07 Å². The fourth-order valence-corrected chi connectivity index (χ4v) is 3.42. The lowest BCUT2D eigenvalue weighted by Gasteiger charge is -2.19. The van der Waals surface area contributed by atoms with Crippen molar-refractivity contribution in [3.63, 3.8) is 0 Å². The number of pyridine rings is 1. The Kier molecular flexibility index (Phi) is 6.09. The molecular weight excluding hydrogens is 342 g/mol. The van der Waals surface area contributed by atoms with E-state index in [0.717, 1.165) is 22.5 Å². The van der Waals surface area contributed by atoms with E-state index in [1.165, 1.54) is 17.3 Å². The van der Waals surface area contributed by atoms with Gasteiger partial charge in [0.2, 0.25) is 5.91 Å². The van der Waals surface area contributed by atoms with Crippen LogP contribution in [-0.4, -0.2) is 16.6 Å². The summed E-state index contributed by atoms with van der Waals surface area (Å²) in [5.74, 6) is 0.102. The van der Waals surface area contributed by atoms with Crippen molar-refractivity contribution in [1.29, 1.82) is 5.26 Å². The molecule has 0 aliphatic carbocycles. The van der Waals surface area contributed by atoms with Gasteiger partial charge in [-0.3, -0.25) is 4.79 Å². The highest BCUT2D eigenvalue weighted by Gasteiger charge is 2.15. The van der Waals surface area contributed by atoms with Crippen LogP contribution < -0.4 is 5.32 Å². The lowest BCUT2D eigenvalue weighted by molar-refractivity contribution is -0.113. The monoisotopic (exact) mass is 367 g/mol. The standard InChI is InChI=1S/C21H25N3OS/c1-13-14(2)18(11-22)20(23-15(13)3)26-12-19(25)24-17-9-7-16(8-10-17)21(4,5)6/h7-10H,12H2,1-6H3,(H,24,25). The Balaban J connectivity index is 2.05. The molecule has 0 atom stereocenters. The van der Waals surface area contributed by atoms with Crippen LogP contribution in [0.4, 0.5) is 5.69 Å². The average Bonchev–Trinajstić information content (AvgIpc) is 2.57. The number of rotatable bonds is 4. The normalized spacial score (nSPS) is 11.1. The zero-order chi connectivity index (χ0) is 19.5. The SMILES string of the molecule is Cc1nc(SCC(=O)Nc2ccc(C(C)(C)C)cc2)c(C#N)c(C)c1C. The number of anilines is 1. The average molecular weight is 368 g/mol. The lowest BCUT2D eigenvalue weighted by Crippen LogP contribution is -2.15. The molecule has 26 heavy (non-hydrogen) atoms. The van der Waals surface area contributed by atoms with Gasteiger partial charge in [0.1, 0.15) is 11.1 Å². The number of aromatic nitrogens is 1. The second kappa shape index (κ2) is 7.92. The molecule has 4 nitrogen and oxygen atoms in total. The number of carbonyl (C=O) groups excluding carboxylic acids is 1. The van der Waals surface area contributed by atoms with Gasteiger partial charge in [0.15, 0.2) is 0 Å². The molecule has 136 valence electrons. The van der Waals surface area contributed by atoms with Crippen LogP contribution >= 0.6 is 11.8 Å². The van der Waals surface area contributed by atoms with Crippen LogP contribution in [0.3, 0.4) is 0 Å². The van der Waals surface area contributed by atoms with E-state index in [1.807, 2.05) is 45.0 Å². The number of hydrogen-bond acceptors (Lipinski definition) is 4. The Morgan fingerprint density at radius 2 is 1.77 bits per heavy atom. The van der Waals surface area contributed by atoms with Crippen LogP contribution in [0.25, 0.3) is 0 Å². The highest BCUT2D eigenvalue weighted by Crippen LogP contribution is 2.27. The molecule has 0 bridgehead atoms. The third-order valence-corrected chi connectivity index (χ3v) is 5.43. The number of carbonyl (C=O) groups is 1. The third kappa shape index (κ3) is 4.64. The van der Waals surface area contributed by atoms with Gasteiger partial charge in [-0.2, -0.15) is 5.26 Å². The molecule has 0 saturated heterocycles. The summed E-state index contributed by atoms with van der Waals surface area (Å²) in [5, 5.41) is 12.9. The van der Waals surface area contributed by atoms with E-state index in [2.05, 4.69) is 37.1 Å². The summed E-state index contributed by atoms with van der Waals surface area (Å²) in [6, 6.07) is 10.1. The van der Waals surface area contributed by atoms with E-state index >= 15 is 0 Å². The molecule has 1 amide bonds. The Morgan fingerprint density at radius 3 is 2.31 bits per heavy atom. The van der Waals surface area contributed by atoms with Crippen molar-refractivity contribution >= 4 is 23.4 Å². The molecule has 0 unspecified atom stereocenters. The van der Waals surface area contributed by atoms with E-state index in [-0.39, 0.29) is 17.1 Å². The van der Waals surface area contributed by atoms with Crippen molar-refractivity contribution < 1.29 is 4.79 Å². The van der Waals surface area contributed by atoms with Crippen molar-refractivity contribution in [2.24, 2.45) is 0 Å². The quantitative estimate of drug-likeness (QED) is 0.780. The number of thioether (sulfide) groups is 1. The van der Waals surface area contributed by atoms with Crippen LogP contribution in [0.15, 0.2) is 29.3 Å². The molecule has 1 heterocycles. The zero-order valence-corrected chi connectivity index (χ0v) is 17.0. The Hall–Kier alpha value is -2.32. The first-order valence-corrected chi connectivity index (χ1v) is 9.53. The van der Waals surface area contributed by atoms with Crippen molar-refractivity contribution in [2.75, 3.05) is 11.1 Å². The van der Waals surface area contributed by atoms with Gasteiger partial charge in [-0.25, -0.2) is 4.98 Å². The van der Waals surface area contributed by atoms with Crippen molar-refractivity contribution in [3.05, 3.63) is 52.2 Å². The molecule has 1 aromatic heterocycles. The number of aryl methyl sites for hydroxylation is 1. The summed E-state index contributed by atoms with van der Waals surface area (Å²) in [6.07, 6.45) is 0. The first kappa shape index (κ1) is 20.0. The molecule has 0 fully saturated rings. The van der Waals surface area contributed by atoms with Crippen LogP contribution in [0.1, 0.15) is 48.7 Å². The maximum absolute atomic E-state index is 12.3. The van der Waals surface area contributed by atoms with Gasteiger partial charge in [-0.15, -0.1) is 0 Å². The predicted molar refractivity (Wildman–Crippen MR) is 108 cm³/mol. The first-order chi connectivity index (χ1) is 12.1. The van der Waals surface area contributed by atoms with E-state index < -0.39 is 0 Å². The van der Waals surface area contributed by atoms with Gasteiger partial charge in [0.25, 0.3) is 0 Å². The van der Waals surface area contributed by atoms with Crippen molar-refractivity contribution in [2.45, 2.75) is 52.0 Å². The molecule has 5 heteroatoms. The predicted octanol–water partition coefficient (Wildman–Crippen LogP) is 4.91. The minimum Gasteiger partial charge on any atom is -0.325 e. The number of nitrogens with one attached hydrogen (secondary N) is 1. The summed E-state index contributed by atoms with van der Waals surface area (Å²) >= 11 is 1.30. The molecule has 1 N–H and O–H groups in total. The second-order valence-corrected chi connectivity index (χ2v) is 8.37. The molecule has 0 spiro atoms. The zero-order valence-electron chi connectivity index (χ0n) is 16.2. The van der Waals surface area contributed by atoms with Crippen LogP contribution in [-0.2, 0) is 10.2 Å². The molecule has 0 radical (unpaired) electrons. The van der Waals surface area contributed by atoms with Crippen LogP contribution in [0.2, 0.25) is 0 Å². The van der Waals surface area contributed by atoms with Gasteiger partial charge >= 0.3 is 0 Å². The molecule has 2 rings (SSSR count). The lowest BCUT2D eigenvalue weighted by atomic mass is 9.87.